The van der Waals surface area contributed by atoms with Gasteiger partial charge in [0.1, 0.15) is 5.75 Å². The second kappa shape index (κ2) is 8.98. The summed E-state index contributed by atoms with van der Waals surface area (Å²) in [6.45, 7) is 1.68. The summed E-state index contributed by atoms with van der Waals surface area (Å²) in [5.74, 6) is 0.239. The fourth-order valence-electron chi connectivity index (χ4n) is 2.45. The lowest BCUT2D eigenvalue weighted by Gasteiger charge is -2.11. The summed E-state index contributed by atoms with van der Waals surface area (Å²) in [4.78, 5) is 12.1. The summed E-state index contributed by atoms with van der Waals surface area (Å²) in [6, 6.07) is 19.7. The summed E-state index contributed by atoms with van der Waals surface area (Å²) >= 11 is 6.04. The van der Waals surface area contributed by atoms with Crippen LogP contribution in [0.5, 0.6) is 5.75 Å². The van der Waals surface area contributed by atoms with Gasteiger partial charge in [0, 0.05) is 10.7 Å². The zero-order valence-electron chi connectivity index (χ0n) is 15.6. The molecule has 0 fully saturated rings. The molecule has 0 atom stereocenters. The summed E-state index contributed by atoms with van der Waals surface area (Å²) in [6.07, 6.45) is 0. The maximum Gasteiger partial charge on any atom is 0.262 e. The first-order valence-electron chi connectivity index (χ1n) is 8.70. The minimum absolute atomic E-state index is 0.0627. The van der Waals surface area contributed by atoms with Gasteiger partial charge in [-0.3, -0.25) is 9.52 Å². The van der Waals surface area contributed by atoms with E-state index >= 15 is 0 Å². The normalized spacial score (nSPS) is 11.0. The second-order valence-corrected chi connectivity index (χ2v) is 8.33. The van der Waals surface area contributed by atoms with Crippen molar-refractivity contribution in [2.45, 2.75) is 11.8 Å². The number of sulfonamides is 1. The molecule has 0 spiro atoms. The molecule has 0 aliphatic rings. The van der Waals surface area contributed by atoms with Crippen molar-refractivity contribution in [2.24, 2.45) is 0 Å². The molecule has 3 aromatic carbocycles. The van der Waals surface area contributed by atoms with Crippen molar-refractivity contribution >= 4 is 38.9 Å². The Kier molecular flexibility index (Phi) is 6.41. The summed E-state index contributed by atoms with van der Waals surface area (Å²) in [5.41, 5.74) is 1.69. The third-order valence-electron chi connectivity index (χ3n) is 3.99. The molecule has 0 aromatic heterocycles. The van der Waals surface area contributed by atoms with Crippen molar-refractivity contribution in [1.82, 2.24) is 0 Å². The molecule has 6 nitrogen and oxygen atoms in total. The fourth-order valence-corrected chi connectivity index (χ4v) is 3.68. The topological polar surface area (TPSA) is 84.5 Å². The minimum atomic E-state index is -3.78. The van der Waals surface area contributed by atoms with Crippen LogP contribution in [-0.2, 0) is 14.8 Å². The number of benzene rings is 3. The van der Waals surface area contributed by atoms with E-state index in [9.17, 15) is 13.2 Å². The van der Waals surface area contributed by atoms with Crippen LogP contribution in [0, 0.1) is 6.92 Å². The van der Waals surface area contributed by atoms with Gasteiger partial charge in [-0.15, -0.1) is 0 Å². The molecule has 0 heterocycles. The van der Waals surface area contributed by atoms with Crippen LogP contribution < -0.4 is 14.8 Å². The molecule has 150 valence electrons. The number of amides is 1. The fraction of sp³-hybridized carbons (Fsp3) is 0.0952. The number of halogens is 1. The number of carbonyl (C=O) groups excluding carboxylic acids is 1. The number of ether oxygens (including phenoxy) is 1. The van der Waals surface area contributed by atoms with Crippen LogP contribution in [0.25, 0.3) is 0 Å². The quantitative estimate of drug-likeness (QED) is 0.579. The van der Waals surface area contributed by atoms with E-state index in [1.807, 2.05) is 25.1 Å². The molecule has 3 rings (SSSR count). The van der Waals surface area contributed by atoms with Crippen molar-refractivity contribution in [3.05, 3.63) is 83.4 Å². The molecule has 0 unspecified atom stereocenters. The molecule has 3 aromatic rings. The summed E-state index contributed by atoms with van der Waals surface area (Å²) in [5, 5.41) is 3.13. The number of hydrogen-bond donors (Lipinski definition) is 2. The third-order valence-corrected chi connectivity index (χ3v) is 5.79. The predicted octanol–water partition coefficient (Wildman–Crippen LogP) is 4.47. The average molecular weight is 431 g/mol. The number of hydrogen-bond acceptors (Lipinski definition) is 4. The average Bonchev–Trinajstić information content (AvgIpc) is 2.70. The van der Waals surface area contributed by atoms with E-state index in [1.54, 1.807) is 30.3 Å². The highest BCUT2D eigenvalue weighted by Crippen LogP contribution is 2.23. The lowest BCUT2D eigenvalue weighted by molar-refractivity contribution is -0.118. The van der Waals surface area contributed by atoms with Gasteiger partial charge in [0.25, 0.3) is 15.9 Å². The molecular formula is C21H19ClN2O4S. The summed E-state index contributed by atoms with van der Waals surface area (Å²) in [7, 11) is -3.78. The molecular weight excluding hydrogens is 412 g/mol. The van der Waals surface area contributed by atoms with Gasteiger partial charge in [-0.1, -0.05) is 35.9 Å². The number of nitrogens with one attached hydrogen (secondary N) is 2. The highest BCUT2D eigenvalue weighted by molar-refractivity contribution is 7.92. The Morgan fingerprint density at radius 1 is 0.966 bits per heavy atom. The monoisotopic (exact) mass is 430 g/mol. The maximum atomic E-state index is 12.5. The smallest absolute Gasteiger partial charge is 0.262 e. The highest BCUT2D eigenvalue weighted by atomic mass is 35.5. The first kappa shape index (κ1) is 20.7. The zero-order chi connectivity index (χ0) is 20.9. The van der Waals surface area contributed by atoms with Crippen molar-refractivity contribution in [1.29, 1.82) is 0 Å². The van der Waals surface area contributed by atoms with Gasteiger partial charge in [-0.2, -0.15) is 0 Å². The molecule has 0 saturated carbocycles. The van der Waals surface area contributed by atoms with E-state index in [1.165, 1.54) is 24.3 Å². The Morgan fingerprint density at radius 3 is 2.28 bits per heavy atom. The van der Waals surface area contributed by atoms with Crippen LogP contribution in [0.3, 0.4) is 0 Å². The van der Waals surface area contributed by atoms with Gasteiger partial charge >= 0.3 is 0 Å². The lowest BCUT2D eigenvalue weighted by Crippen LogP contribution is -2.20. The lowest BCUT2D eigenvalue weighted by atomic mass is 10.2. The number of para-hydroxylation sites is 1. The van der Waals surface area contributed by atoms with Crippen LogP contribution in [-0.4, -0.2) is 20.9 Å². The van der Waals surface area contributed by atoms with Crippen LogP contribution >= 0.6 is 11.6 Å². The Hall–Kier alpha value is -3.03. The van der Waals surface area contributed by atoms with Crippen LogP contribution in [0.15, 0.2) is 77.7 Å². The Labute approximate surface area is 174 Å². The molecule has 29 heavy (non-hydrogen) atoms. The number of rotatable bonds is 7. The Balaban J connectivity index is 1.61. The standard InChI is InChI=1S/C21H19ClN2O4S/c1-15-7-8-17(13-20(15)22)24-29(26,27)19-11-9-16(10-12-19)23-21(25)14-28-18-5-3-2-4-6-18/h2-13,24H,14H2,1H3,(H,23,25). The summed E-state index contributed by atoms with van der Waals surface area (Å²) < 4.78 is 32.9. The van der Waals surface area contributed by atoms with Crippen molar-refractivity contribution in [3.8, 4) is 5.75 Å². The van der Waals surface area contributed by atoms with Crippen LogP contribution in [0.4, 0.5) is 11.4 Å². The first-order valence-corrected chi connectivity index (χ1v) is 10.6. The molecule has 1 amide bonds. The molecule has 2 N–H and O–H groups in total. The largest absolute Gasteiger partial charge is 0.484 e. The molecule has 0 radical (unpaired) electrons. The Morgan fingerprint density at radius 2 is 1.62 bits per heavy atom. The third kappa shape index (κ3) is 5.73. The number of aryl methyl sites for hydroxylation is 1. The minimum Gasteiger partial charge on any atom is -0.484 e. The number of anilines is 2. The maximum absolute atomic E-state index is 12.5. The van der Waals surface area contributed by atoms with Gasteiger partial charge in [0.05, 0.1) is 10.6 Å². The second-order valence-electron chi connectivity index (χ2n) is 6.24. The highest BCUT2D eigenvalue weighted by Gasteiger charge is 2.15. The van der Waals surface area contributed by atoms with Crippen molar-refractivity contribution in [2.75, 3.05) is 16.6 Å². The molecule has 0 aliphatic heterocycles. The van der Waals surface area contributed by atoms with Crippen molar-refractivity contribution < 1.29 is 17.9 Å². The van der Waals surface area contributed by atoms with E-state index in [4.69, 9.17) is 16.3 Å². The van der Waals surface area contributed by atoms with E-state index in [2.05, 4.69) is 10.0 Å². The SMILES string of the molecule is Cc1ccc(NS(=O)(=O)c2ccc(NC(=O)COc3ccccc3)cc2)cc1Cl. The van der Waals surface area contributed by atoms with E-state index in [-0.39, 0.29) is 17.4 Å². The van der Waals surface area contributed by atoms with Crippen LogP contribution in [0.2, 0.25) is 5.02 Å². The van der Waals surface area contributed by atoms with Gasteiger partial charge in [0.15, 0.2) is 6.61 Å². The van der Waals surface area contributed by atoms with E-state index in [0.717, 1.165) is 5.56 Å². The van der Waals surface area contributed by atoms with E-state index in [0.29, 0.717) is 22.1 Å². The molecule has 0 saturated heterocycles. The van der Waals surface area contributed by atoms with Crippen LogP contribution in [0.1, 0.15) is 5.56 Å². The zero-order valence-corrected chi connectivity index (χ0v) is 17.1. The van der Waals surface area contributed by atoms with Gasteiger partial charge in [-0.05, 0) is 61.0 Å². The number of carbonyl (C=O) groups is 1. The first-order chi connectivity index (χ1) is 13.8. The predicted molar refractivity (Wildman–Crippen MR) is 114 cm³/mol. The van der Waals surface area contributed by atoms with Gasteiger partial charge in [0.2, 0.25) is 0 Å². The van der Waals surface area contributed by atoms with Crippen molar-refractivity contribution in [3.63, 3.8) is 0 Å². The van der Waals surface area contributed by atoms with E-state index < -0.39 is 10.0 Å². The van der Waals surface area contributed by atoms with Gasteiger partial charge < -0.3 is 10.1 Å². The molecule has 8 heteroatoms. The molecule has 0 bridgehead atoms. The van der Waals surface area contributed by atoms with Gasteiger partial charge in [-0.25, -0.2) is 8.42 Å². The molecule has 0 aliphatic carbocycles. The Bertz CT molecular complexity index is 1100.